The van der Waals surface area contributed by atoms with Crippen molar-refractivity contribution in [2.45, 2.75) is 18.9 Å². The molecule has 5 heteroatoms. The maximum atomic E-state index is 3.45. The lowest BCUT2D eigenvalue weighted by Gasteiger charge is -2.35. The van der Waals surface area contributed by atoms with Crippen LogP contribution in [-0.2, 0) is 0 Å². The molecule has 108 valence electrons. The molecule has 0 spiro atoms. The van der Waals surface area contributed by atoms with Gasteiger partial charge in [0.1, 0.15) is 0 Å². The first-order valence-corrected chi connectivity index (χ1v) is 7.63. The zero-order valence-corrected chi connectivity index (χ0v) is 14.6. The molecule has 2 aliphatic rings. The summed E-state index contributed by atoms with van der Waals surface area (Å²) < 4.78 is 1.36. The molecule has 0 unspecified atom stereocenters. The van der Waals surface area contributed by atoms with Gasteiger partial charge in [0.25, 0.3) is 0 Å². The molecule has 1 aliphatic carbocycles. The molecule has 0 radical (unpaired) electrons. The summed E-state index contributed by atoms with van der Waals surface area (Å²) in [6.45, 7) is 4.69. The topological polar surface area (TPSA) is 15.3 Å². The van der Waals surface area contributed by atoms with Gasteiger partial charge < -0.3 is 5.32 Å². The number of nitrogens with one attached hydrogen (secondary N) is 1. The monoisotopic (exact) mass is 414 g/mol. The van der Waals surface area contributed by atoms with Crippen LogP contribution in [0.15, 0.2) is 24.3 Å². The molecular formula is C14H21Cl2IN2. The smallest absolute Gasteiger partial charge is 0.0377 e. The number of hydrogen-bond acceptors (Lipinski definition) is 2. The highest BCUT2D eigenvalue weighted by molar-refractivity contribution is 14.1. The first kappa shape index (κ1) is 17.5. The van der Waals surface area contributed by atoms with Crippen molar-refractivity contribution in [2.75, 3.05) is 26.2 Å². The summed E-state index contributed by atoms with van der Waals surface area (Å²) in [7, 11) is 0. The fourth-order valence-electron chi connectivity index (χ4n) is 2.84. The van der Waals surface area contributed by atoms with Gasteiger partial charge in [-0.3, -0.25) is 4.90 Å². The Morgan fingerprint density at radius 1 is 1.16 bits per heavy atom. The van der Waals surface area contributed by atoms with Gasteiger partial charge in [-0.2, -0.15) is 0 Å². The summed E-state index contributed by atoms with van der Waals surface area (Å²) in [4.78, 5) is 2.68. The van der Waals surface area contributed by atoms with Gasteiger partial charge in [-0.25, -0.2) is 0 Å². The Labute approximate surface area is 141 Å². The number of hydrogen-bond donors (Lipinski definition) is 1. The average Bonchev–Trinajstić information content (AvgIpc) is 3.15. The Kier molecular flexibility index (Phi) is 7.40. The summed E-state index contributed by atoms with van der Waals surface area (Å²) >= 11 is 2.42. The van der Waals surface area contributed by atoms with Crippen LogP contribution in [0.4, 0.5) is 0 Å². The SMILES string of the molecule is Cl.Cl.Ic1cccc([C@H](C2CC2)N2CCNCC2)c1. The zero-order chi connectivity index (χ0) is 11.7. The number of halogens is 3. The lowest BCUT2D eigenvalue weighted by Crippen LogP contribution is -2.45. The molecule has 1 saturated heterocycles. The molecule has 1 atom stereocenters. The lowest BCUT2D eigenvalue weighted by molar-refractivity contribution is 0.156. The predicted molar refractivity (Wildman–Crippen MR) is 93.6 cm³/mol. The van der Waals surface area contributed by atoms with E-state index in [1.165, 1.54) is 35.1 Å². The Morgan fingerprint density at radius 2 is 1.84 bits per heavy atom. The summed E-state index contributed by atoms with van der Waals surface area (Å²) in [5, 5.41) is 3.45. The van der Waals surface area contributed by atoms with E-state index < -0.39 is 0 Å². The number of benzene rings is 1. The van der Waals surface area contributed by atoms with Crippen molar-refractivity contribution in [2.24, 2.45) is 5.92 Å². The molecule has 1 saturated carbocycles. The summed E-state index contributed by atoms with van der Waals surface area (Å²) in [5.41, 5.74) is 1.53. The van der Waals surface area contributed by atoms with Crippen LogP contribution in [0.25, 0.3) is 0 Å². The predicted octanol–water partition coefficient (Wildman–Crippen LogP) is 3.49. The second-order valence-corrected chi connectivity index (χ2v) is 6.37. The standard InChI is InChI=1S/C14H19IN2.2ClH/c15-13-3-1-2-12(10-13)14(11-4-5-11)17-8-6-16-7-9-17;;/h1-3,10-11,14,16H,4-9H2;2*1H/t14-;;/m0../s1. The summed E-state index contributed by atoms with van der Waals surface area (Å²) in [6.07, 6.45) is 2.83. The Morgan fingerprint density at radius 3 is 2.42 bits per heavy atom. The van der Waals surface area contributed by atoms with E-state index in [2.05, 4.69) is 57.1 Å². The maximum Gasteiger partial charge on any atom is 0.0377 e. The number of nitrogens with zero attached hydrogens (tertiary/aromatic N) is 1. The van der Waals surface area contributed by atoms with E-state index in [4.69, 9.17) is 0 Å². The van der Waals surface area contributed by atoms with Gasteiger partial charge >= 0.3 is 0 Å². The second-order valence-electron chi connectivity index (χ2n) is 5.12. The Balaban J connectivity index is 0.000000902. The van der Waals surface area contributed by atoms with Crippen LogP contribution in [0.3, 0.4) is 0 Å². The quantitative estimate of drug-likeness (QED) is 0.761. The van der Waals surface area contributed by atoms with Crippen LogP contribution in [0.2, 0.25) is 0 Å². The molecular weight excluding hydrogens is 394 g/mol. The van der Waals surface area contributed by atoms with Crippen LogP contribution in [0.5, 0.6) is 0 Å². The zero-order valence-electron chi connectivity index (χ0n) is 10.8. The van der Waals surface area contributed by atoms with Crippen LogP contribution in [-0.4, -0.2) is 31.1 Å². The average molecular weight is 415 g/mol. The first-order chi connectivity index (χ1) is 8.34. The molecule has 3 rings (SSSR count). The fraction of sp³-hybridized carbons (Fsp3) is 0.571. The van der Waals surface area contributed by atoms with Gasteiger partial charge in [-0.1, -0.05) is 12.1 Å². The largest absolute Gasteiger partial charge is 0.314 e. The normalized spacial score (nSPS) is 21.1. The minimum Gasteiger partial charge on any atom is -0.314 e. The van der Waals surface area contributed by atoms with E-state index in [-0.39, 0.29) is 24.8 Å². The van der Waals surface area contributed by atoms with Crippen molar-refractivity contribution in [1.82, 2.24) is 10.2 Å². The molecule has 0 amide bonds. The van der Waals surface area contributed by atoms with Crippen molar-refractivity contribution in [3.8, 4) is 0 Å². The first-order valence-electron chi connectivity index (χ1n) is 6.55. The van der Waals surface area contributed by atoms with Crippen LogP contribution < -0.4 is 5.32 Å². The van der Waals surface area contributed by atoms with Crippen molar-refractivity contribution in [3.63, 3.8) is 0 Å². The lowest BCUT2D eigenvalue weighted by atomic mass is 10.00. The number of rotatable bonds is 3. The minimum atomic E-state index is 0. The Hall–Kier alpha value is 0.450. The summed E-state index contributed by atoms with van der Waals surface area (Å²) in [6, 6.07) is 9.74. The van der Waals surface area contributed by atoms with Crippen LogP contribution in [0, 0.1) is 9.49 Å². The molecule has 1 heterocycles. The fourth-order valence-corrected chi connectivity index (χ4v) is 3.41. The molecule has 1 aromatic carbocycles. The molecule has 1 N–H and O–H groups in total. The van der Waals surface area contributed by atoms with Gasteiger partial charge in [-0.05, 0) is 59.0 Å². The molecule has 2 nitrogen and oxygen atoms in total. The van der Waals surface area contributed by atoms with Gasteiger partial charge in [0.2, 0.25) is 0 Å². The van der Waals surface area contributed by atoms with Crippen LogP contribution >= 0.6 is 47.4 Å². The van der Waals surface area contributed by atoms with Gasteiger partial charge in [-0.15, -0.1) is 24.8 Å². The van der Waals surface area contributed by atoms with Crippen molar-refractivity contribution >= 4 is 47.4 Å². The van der Waals surface area contributed by atoms with E-state index in [1.54, 1.807) is 0 Å². The highest BCUT2D eigenvalue weighted by Crippen LogP contribution is 2.44. The van der Waals surface area contributed by atoms with E-state index in [9.17, 15) is 0 Å². The van der Waals surface area contributed by atoms with Gasteiger partial charge in [0, 0.05) is 35.8 Å². The van der Waals surface area contributed by atoms with E-state index in [0.717, 1.165) is 19.0 Å². The van der Waals surface area contributed by atoms with Crippen LogP contribution in [0.1, 0.15) is 24.4 Å². The van der Waals surface area contributed by atoms with E-state index >= 15 is 0 Å². The highest BCUT2D eigenvalue weighted by atomic mass is 127. The summed E-state index contributed by atoms with van der Waals surface area (Å²) in [5.74, 6) is 0.909. The minimum absolute atomic E-state index is 0. The molecule has 0 aromatic heterocycles. The maximum absolute atomic E-state index is 3.45. The van der Waals surface area contributed by atoms with Crippen molar-refractivity contribution in [1.29, 1.82) is 0 Å². The van der Waals surface area contributed by atoms with Crippen molar-refractivity contribution < 1.29 is 0 Å². The number of piperazine rings is 1. The third-order valence-corrected chi connectivity index (χ3v) is 4.47. The van der Waals surface area contributed by atoms with E-state index in [1.807, 2.05) is 0 Å². The third kappa shape index (κ3) is 4.46. The molecule has 19 heavy (non-hydrogen) atoms. The third-order valence-electron chi connectivity index (χ3n) is 3.80. The van der Waals surface area contributed by atoms with E-state index in [0.29, 0.717) is 6.04 Å². The molecule has 2 fully saturated rings. The molecule has 0 bridgehead atoms. The van der Waals surface area contributed by atoms with Gasteiger partial charge in [0.15, 0.2) is 0 Å². The molecule has 1 aromatic rings. The highest BCUT2D eigenvalue weighted by Gasteiger charge is 2.36. The molecule has 1 aliphatic heterocycles. The van der Waals surface area contributed by atoms with Gasteiger partial charge in [0.05, 0.1) is 0 Å². The second kappa shape index (κ2) is 8.03. The van der Waals surface area contributed by atoms with Crippen molar-refractivity contribution in [3.05, 3.63) is 33.4 Å². The Bertz CT molecular complexity index is 393.